The molecule has 3 nitrogen and oxygen atoms in total. The molecule has 0 fully saturated rings. The summed E-state index contributed by atoms with van der Waals surface area (Å²) in [4.78, 5) is 10.2. The highest BCUT2D eigenvalue weighted by Crippen LogP contribution is 2.37. The van der Waals surface area contributed by atoms with Crippen LogP contribution in [0, 0.1) is 5.82 Å². The quantitative estimate of drug-likeness (QED) is 0.811. The summed E-state index contributed by atoms with van der Waals surface area (Å²) in [6.45, 7) is 0. The number of benzene rings is 1. The van der Waals surface area contributed by atoms with E-state index in [9.17, 15) is 14.3 Å². The number of carbonyl (C=O) groups excluding carboxylic acids is 1. The predicted molar refractivity (Wildman–Crippen MR) is 54.0 cm³/mol. The Balaban J connectivity index is 3.20. The number of carbonyl (C=O) groups is 1. The van der Waals surface area contributed by atoms with Crippen LogP contribution < -0.4 is 4.74 Å². The molecular weight excluding hydrogens is 223 g/mol. The maximum atomic E-state index is 13.2. The molecule has 0 aliphatic rings. The first-order chi connectivity index (χ1) is 7.11. The monoisotopic (exact) mass is 232 g/mol. The summed E-state index contributed by atoms with van der Waals surface area (Å²) in [7, 11) is 1.31. The summed E-state index contributed by atoms with van der Waals surface area (Å²) in [5, 5.41) is 9.46. The Morgan fingerprint density at radius 1 is 1.67 bits per heavy atom. The van der Waals surface area contributed by atoms with E-state index >= 15 is 0 Å². The molecule has 0 heterocycles. The Morgan fingerprint density at radius 3 is 2.87 bits per heavy atom. The lowest BCUT2D eigenvalue weighted by Crippen LogP contribution is -1.95. The molecule has 0 aromatic heterocycles. The number of aldehydes is 1. The van der Waals surface area contributed by atoms with Gasteiger partial charge in [-0.2, -0.15) is 0 Å². The van der Waals surface area contributed by atoms with Crippen molar-refractivity contribution in [1.29, 1.82) is 0 Å². The minimum absolute atomic E-state index is 0.0119. The number of rotatable bonds is 4. The van der Waals surface area contributed by atoms with E-state index in [-0.39, 0.29) is 34.9 Å². The molecule has 15 heavy (non-hydrogen) atoms. The van der Waals surface area contributed by atoms with Gasteiger partial charge in [-0.15, -0.1) is 0 Å². The normalized spacial score (nSPS) is 10.1. The molecule has 1 rings (SSSR count). The van der Waals surface area contributed by atoms with Crippen LogP contribution >= 0.6 is 11.6 Å². The van der Waals surface area contributed by atoms with Crippen LogP contribution in [0.15, 0.2) is 6.07 Å². The fourth-order valence-electron chi connectivity index (χ4n) is 1.23. The molecule has 0 radical (unpaired) electrons. The molecule has 0 unspecified atom stereocenters. The van der Waals surface area contributed by atoms with Crippen LogP contribution in [0.2, 0.25) is 5.02 Å². The van der Waals surface area contributed by atoms with Gasteiger partial charge in [-0.3, -0.25) is 0 Å². The van der Waals surface area contributed by atoms with Crippen molar-refractivity contribution in [2.24, 2.45) is 0 Å². The molecule has 1 aromatic carbocycles. The first-order valence-corrected chi connectivity index (χ1v) is 4.67. The van der Waals surface area contributed by atoms with Crippen LogP contribution in [0.25, 0.3) is 0 Å². The zero-order valence-corrected chi connectivity index (χ0v) is 8.84. The van der Waals surface area contributed by atoms with Gasteiger partial charge in [0.05, 0.1) is 12.1 Å². The summed E-state index contributed by atoms with van der Waals surface area (Å²) >= 11 is 5.66. The van der Waals surface area contributed by atoms with Crippen molar-refractivity contribution < 1.29 is 19.0 Å². The SMILES string of the molecule is COc1cc(F)c(Cl)c(CCC=O)c1O. The Hall–Kier alpha value is -1.29. The standard InChI is InChI=1S/C10H10ClFO3/c1-15-8-5-7(12)9(11)6(10(8)14)3-2-4-13/h4-5,14H,2-3H2,1H3. The second-order valence-corrected chi connectivity index (χ2v) is 3.29. The number of phenolic OH excluding ortho intramolecular Hbond substituents is 1. The molecule has 0 aliphatic carbocycles. The molecule has 5 heteroatoms. The molecule has 1 aromatic rings. The lowest BCUT2D eigenvalue weighted by molar-refractivity contribution is -0.107. The number of methoxy groups -OCH3 is 1. The van der Waals surface area contributed by atoms with E-state index in [1.807, 2.05) is 0 Å². The third-order valence-corrected chi connectivity index (χ3v) is 2.39. The Kier molecular flexibility index (Phi) is 3.91. The molecule has 0 spiro atoms. The van der Waals surface area contributed by atoms with Gasteiger partial charge in [0, 0.05) is 18.1 Å². The number of phenols is 1. The van der Waals surface area contributed by atoms with E-state index in [4.69, 9.17) is 16.3 Å². The number of halogens is 2. The van der Waals surface area contributed by atoms with Crippen LogP contribution in [0.4, 0.5) is 4.39 Å². The van der Waals surface area contributed by atoms with E-state index < -0.39 is 5.82 Å². The fourth-order valence-corrected chi connectivity index (χ4v) is 1.47. The summed E-state index contributed by atoms with van der Waals surface area (Å²) in [6.07, 6.45) is 1.02. The molecular formula is C10H10ClFO3. The molecule has 0 saturated carbocycles. The van der Waals surface area contributed by atoms with Crippen LogP contribution in [-0.4, -0.2) is 18.5 Å². The van der Waals surface area contributed by atoms with Crippen LogP contribution in [-0.2, 0) is 11.2 Å². The third-order valence-electron chi connectivity index (χ3n) is 1.98. The molecule has 0 amide bonds. The van der Waals surface area contributed by atoms with Crippen LogP contribution in [0.3, 0.4) is 0 Å². The molecule has 0 aliphatic heterocycles. The van der Waals surface area contributed by atoms with Gasteiger partial charge in [0.25, 0.3) is 0 Å². The van der Waals surface area contributed by atoms with Gasteiger partial charge >= 0.3 is 0 Å². The summed E-state index contributed by atoms with van der Waals surface area (Å²) < 4.78 is 18.0. The van der Waals surface area contributed by atoms with Crippen molar-refractivity contribution in [3.63, 3.8) is 0 Å². The van der Waals surface area contributed by atoms with E-state index in [0.29, 0.717) is 6.29 Å². The average Bonchev–Trinajstić information content (AvgIpc) is 2.23. The Morgan fingerprint density at radius 2 is 2.33 bits per heavy atom. The minimum Gasteiger partial charge on any atom is -0.504 e. The van der Waals surface area contributed by atoms with Gasteiger partial charge in [0.2, 0.25) is 0 Å². The smallest absolute Gasteiger partial charge is 0.163 e. The van der Waals surface area contributed by atoms with Gasteiger partial charge in [-0.1, -0.05) is 11.6 Å². The molecule has 0 saturated heterocycles. The van der Waals surface area contributed by atoms with Crippen molar-refractivity contribution in [1.82, 2.24) is 0 Å². The largest absolute Gasteiger partial charge is 0.504 e. The zero-order chi connectivity index (χ0) is 11.4. The second kappa shape index (κ2) is 4.98. The van der Waals surface area contributed by atoms with Gasteiger partial charge in [-0.05, 0) is 6.42 Å². The highest BCUT2D eigenvalue weighted by atomic mass is 35.5. The Labute approximate surface area is 91.4 Å². The lowest BCUT2D eigenvalue weighted by Gasteiger charge is -2.10. The van der Waals surface area contributed by atoms with Crippen molar-refractivity contribution >= 4 is 17.9 Å². The van der Waals surface area contributed by atoms with Gasteiger partial charge in [-0.25, -0.2) is 4.39 Å². The second-order valence-electron chi connectivity index (χ2n) is 2.91. The first-order valence-electron chi connectivity index (χ1n) is 4.29. The van der Waals surface area contributed by atoms with Crippen molar-refractivity contribution in [2.75, 3.05) is 7.11 Å². The van der Waals surface area contributed by atoms with Gasteiger partial charge in [0.15, 0.2) is 11.5 Å². The zero-order valence-electron chi connectivity index (χ0n) is 8.09. The molecule has 1 N–H and O–H groups in total. The molecule has 0 bridgehead atoms. The van der Waals surface area contributed by atoms with Crippen LogP contribution in [0.1, 0.15) is 12.0 Å². The van der Waals surface area contributed by atoms with E-state index in [1.165, 1.54) is 7.11 Å². The highest BCUT2D eigenvalue weighted by Gasteiger charge is 2.16. The van der Waals surface area contributed by atoms with Gasteiger partial charge in [0.1, 0.15) is 12.1 Å². The fraction of sp³-hybridized carbons (Fsp3) is 0.300. The minimum atomic E-state index is -0.674. The first kappa shape index (κ1) is 11.8. The maximum absolute atomic E-state index is 13.2. The summed E-state index contributed by atoms with van der Waals surface area (Å²) in [6, 6.07) is 1.00. The molecule has 0 atom stereocenters. The number of ether oxygens (including phenoxy) is 1. The average molecular weight is 233 g/mol. The van der Waals surface area contributed by atoms with Gasteiger partial charge < -0.3 is 14.6 Å². The lowest BCUT2D eigenvalue weighted by atomic mass is 10.1. The predicted octanol–water partition coefficient (Wildman–Crippen LogP) is 2.32. The topological polar surface area (TPSA) is 46.5 Å². The Bertz CT molecular complexity index is 379. The number of hydrogen-bond donors (Lipinski definition) is 1. The maximum Gasteiger partial charge on any atom is 0.163 e. The van der Waals surface area contributed by atoms with Crippen molar-refractivity contribution in [2.45, 2.75) is 12.8 Å². The number of hydrogen-bond acceptors (Lipinski definition) is 3. The van der Waals surface area contributed by atoms with Crippen LogP contribution in [0.5, 0.6) is 11.5 Å². The third kappa shape index (κ3) is 2.39. The number of aromatic hydroxyl groups is 1. The summed E-state index contributed by atoms with van der Waals surface area (Å²) in [5.74, 6) is -0.879. The molecule has 82 valence electrons. The van der Waals surface area contributed by atoms with E-state index in [1.54, 1.807) is 0 Å². The van der Waals surface area contributed by atoms with Crippen molar-refractivity contribution in [3.05, 3.63) is 22.5 Å². The highest BCUT2D eigenvalue weighted by molar-refractivity contribution is 6.31. The van der Waals surface area contributed by atoms with E-state index in [0.717, 1.165) is 6.07 Å². The van der Waals surface area contributed by atoms with E-state index in [2.05, 4.69) is 0 Å². The van der Waals surface area contributed by atoms with Crippen molar-refractivity contribution in [3.8, 4) is 11.5 Å². The summed E-state index contributed by atoms with van der Waals surface area (Å²) in [5.41, 5.74) is 0.195.